The summed E-state index contributed by atoms with van der Waals surface area (Å²) in [6.07, 6.45) is 8.15. The van der Waals surface area contributed by atoms with Crippen LogP contribution in [0.5, 0.6) is 0 Å². The van der Waals surface area contributed by atoms with E-state index in [4.69, 9.17) is 0 Å². The lowest BCUT2D eigenvalue weighted by Crippen LogP contribution is -2.42. The molecule has 5 heteroatoms. The maximum absolute atomic E-state index is 13.7. The highest BCUT2D eigenvalue weighted by atomic mass is 19.1. The first-order valence-electron chi connectivity index (χ1n) is 8.95. The van der Waals surface area contributed by atoms with E-state index in [1.165, 1.54) is 43.9 Å². The number of aliphatic carboxylic acids is 1. The summed E-state index contributed by atoms with van der Waals surface area (Å²) < 4.78 is 13.7. The molecule has 1 spiro atoms. The second-order valence-electron chi connectivity index (χ2n) is 7.26. The highest BCUT2D eigenvalue weighted by Gasteiger charge is 2.38. The largest absolute Gasteiger partial charge is 0.478 e. The van der Waals surface area contributed by atoms with Crippen molar-refractivity contribution in [2.45, 2.75) is 44.9 Å². The van der Waals surface area contributed by atoms with E-state index in [9.17, 15) is 19.1 Å². The van der Waals surface area contributed by atoms with Crippen molar-refractivity contribution >= 4 is 18.0 Å². The number of nitrogens with zero attached hydrogens (tertiary/aromatic N) is 1. The zero-order valence-corrected chi connectivity index (χ0v) is 14.3. The van der Waals surface area contributed by atoms with E-state index >= 15 is 0 Å². The van der Waals surface area contributed by atoms with E-state index in [1.807, 2.05) is 0 Å². The number of hydrogen-bond acceptors (Lipinski definition) is 2. The lowest BCUT2D eigenvalue weighted by Gasteiger charge is -2.39. The number of carboxylic acids is 1. The Labute approximate surface area is 147 Å². The number of piperidine rings is 1. The van der Waals surface area contributed by atoms with Gasteiger partial charge in [-0.05, 0) is 43.2 Å². The Morgan fingerprint density at radius 3 is 2.36 bits per heavy atom. The third kappa shape index (κ3) is 4.09. The van der Waals surface area contributed by atoms with Crippen molar-refractivity contribution in [3.05, 3.63) is 41.2 Å². The van der Waals surface area contributed by atoms with Crippen molar-refractivity contribution in [2.24, 2.45) is 5.41 Å². The number of carbonyl (C=O) groups excluding carboxylic acids is 1. The van der Waals surface area contributed by atoms with E-state index < -0.39 is 11.8 Å². The minimum absolute atomic E-state index is 0.0729. The van der Waals surface area contributed by atoms with Crippen molar-refractivity contribution in [3.8, 4) is 0 Å². The van der Waals surface area contributed by atoms with Gasteiger partial charge in [0.25, 0.3) is 0 Å². The maximum Gasteiger partial charge on any atom is 0.332 e. The molecule has 3 rings (SSSR count). The number of carbonyl (C=O) groups is 2. The summed E-state index contributed by atoms with van der Waals surface area (Å²) >= 11 is 0. The molecule has 1 amide bonds. The van der Waals surface area contributed by atoms with Gasteiger partial charge in [-0.15, -0.1) is 0 Å². The molecule has 0 radical (unpaired) electrons. The molecule has 1 heterocycles. The monoisotopic (exact) mass is 345 g/mol. The highest BCUT2D eigenvalue weighted by molar-refractivity contribution is 5.98. The van der Waals surface area contributed by atoms with Crippen LogP contribution < -0.4 is 0 Å². The van der Waals surface area contributed by atoms with Gasteiger partial charge in [0, 0.05) is 24.2 Å². The van der Waals surface area contributed by atoms with Crippen molar-refractivity contribution < 1.29 is 19.1 Å². The molecule has 4 nitrogen and oxygen atoms in total. The van der Waals surface area contributed by atoms with E-state index in [0.717, 1.165) is 12.8 Å². The van der Waals surface area contributed by atoms with Crippen LogP contribution >= 0.6 is 0 Å². The highest BCUT2D eigenvalue weighted by Crippen LogP contribution is 2.46. The van der Waals surface area contributed by atoms with Crippen LogP contribution in [-0.4, -0.2) is 35.0 Å². The summed E-state index contributed by atoms with van der Waals surface area (Å²) in [5.74, 6) is -1.85. The summed E-state index contributed by atoms with van der Waals surface area (Å²) in [6, 6.07) is 5.97. The molecule has 0 bridgehead atoms. The molecule has 1 saturated heterocycles. The number of likely N-dealkylation sites (tertiary alicyclic amines) is 1. The molecular formula is C20H24FNO3. The van der Waals surface area contributed by atoms with Crippen LogP contribution in [0.25, 0.3) is 6.08 Å². The molecule has 0 aromatic heterocycles. The average molecular weight is 345 g/mol. The van der Waals surface area contributed by atoms with Gasteiger partial charge in [0.05, 0.1) is 6.42 Å². The number of halogens is 1. The van der Waals surface area contributed by atoms with Gasteiger partial charge in [-0.2, -0.15) is 0 Å². The van der Waals surface area contributed by atoms with E-state index in [2.05, 4.69) is 0 Å². The third-order valence-corrected chi connectivity index (χ3v) is 5.69. The molecule has 1 aromatic carbocycles. The van der Waals surface area contributed by atoms with Crippen LogP contribution in [0.1, 0.15) is 50.5 Å². The van der Waals surface area contributed by atoms with E-state index in [0.29, 0.717) is 18.5 Å². The first-order valence-corrected chi connectivity index (χ1v) is 8.95. The second-order valence-corrected chi connectivity index (χ2v) is 7.26. The number of carboxylic acid groups (broad SMARTS) is 1. The lowest BCUT2D eigenvalue weighted by molar-refractivity contribution is -0.137. The molecule has 134 valence electrons. The van der Waals surface area contributed by atoms with E-state index in [1.54, 1.807) is 17.0 Å². The second kappa shape index (κ2) is 7.38. The molecular weight excluding hydrogens is 321 g/mol. The number of rotatable bonds is 4. The normalized spacial score (nSPS) is 20.0. The fraction of sp³-hybridized carbons (Fsp3) is 0.500. The Morgan fingerprint density at radius 2 is 1.76 bits per heavy atom. The molecule has 1 N–H and O–H groups in total. The van der Waals surface area contributed by atoms with Crippen molar-refractivity contribution in [3.63, 3.8) is 0 Å². The fourth-order valence-electron chi connectivity index (χ4n) is 4.10. The minimum atomic E-state index is -1.18. The standard InChI is InChI=1S/C20H24FNO3/c21-17-6-2-1-5-15(17)13-16(19(24)25)14-18(23)22-11-9-20(10-12-22)7-3-4-8-20/h1-2,5-6,13H,3-4,7-12,14H2,(H,24,25)/b16-13+. The van der Waals surface area contributed by atoms with Gasteiger partial charge < -0.3 is 10.0 Å². The summed E-state index contributed by atoms with van der Waals surface area (Å²) in [5, 5.41) is 9.38. The molecule has 1 saturated carbocycles. The molecule has 1 aromatic rings. The number of amides is 1. The van der Waals surface area contributed by atoms with Gasteiger partial charge in [0.1, 0.15) is 5.82 Å². The molecule has 2 fully saturated rings. The summed E-state index contributed by atoms with van der Waals surface area (Å²) in [4.78, 5) is 25.8. The van der Waals surface area contributed by atoms with Crippen molar-refractivity contribution in [2.75, 3.05) is 13.1 Å². The summed E-state index contributed by atoms with van der Waals surface area (Å²) in [5.41, 5.74) is 0.530. The third-order valence-electron chi connectivity index (χ3n) is 5.69. The Kier molecular flexibility index (Phi) is 5.21. The predicted molar refractivity (Wildman–Crippen MR) is 93.3 cm³/mol. The molecule has 25 heavy (non-hydrogen) atoms. The molecule has 1 aliphatic carbocycles. The maximum atomic E-state index is 13.7. The van der Waals surface area contributed by atoms with Crippen molar-refractivity contribution in [1.29, 1.82) is 0 Å². The predicted octanol–water partition coefficient (Wildman–Crippen LogP) is 3.87. The average Bonchev–Trinajstić information content (AvgIpc) is 3.04. The first-order chi connectivity index (χ1) is 12.0. The zero-order valence-electron chi connectivity index (χ0n) is 14.3. The number of hydrogen-bond donors (Lipinski definition) is 1. The van der Waals surface area contributed by atoms with Crippen LogP contribution in [0.3, 0.4) is 0 Å². The molecule has 0 unspecified atom stereocenters. The Hall–Kier alpha value is -2.17. The number of benzene rings is 1. The molecule has 1 aliphatic heterocycles. The Balaban J connectivity index is 1.66. The van der Waals surface area contributed by atoms with Gasteiger partial charge in [-0.25, -0.2) is 9.18 Å². The lowest BCUT2D eigenvalue weighted by atomic mass is 9.77. The van der Waals surface area contributed by atoms with Gasteiger partial charge in [-0.1, -0.05) is 31.0 Å². The summed E-state index contributed by atoms with van der Waals surface area (Å²) in [7, 11) is 0. The van der Waals surface area contributed by atoms with Crippen LogP contribution in [-0.2, 0) is 9.59 Å². The smallest absolute Gasteiger partial charge is 0.332 e. The van der Waals surface area contributed by atoms with Crippen LogP contribution in [0.15, 0.2) is 29.8 Å². The van der Waals surface area contributed by atoms with E-state index in [-0.39, 0.29) is 23.5 Å². The van der Waals surface area contributed by atoms with Crippen LogP contribution in [0.4, 0.5) is 4.39 Å². The fourth-order valence-corrected chi connectivity index (χ4v) is 4.10. The minimum Gasteiger partial charge on any atom is -0.478 e. The van der Waals surface area contributed by atoms with Gasteiger partial charge >= 0.3 is 5.97 Å². The van der Waals surface area contributed by atoms with Crippen molar-refractivity contribution in [1.82, 2.24) is 4.90 Å². The topological polar surface area (TPSA) is 57.6 Å². The molecule has 0 atom stereocenters. The molecule has 2 aliphatic rings. The Bertz CT molecular complexity index is 682. The summed E-state index contributed by atoms with van der Waals surface area (Å²) in [6.45, 7) is 1.40. The van der Waals surface area contributed by atoms with Crippen LogP contribution in [0.2, 0.25) is 0 Å². The first kappa shape index (κ1) is 17.6. The Morgan fingerprint density at radius 1 is 1.12 bits per heavy atom. The van der Waals surface area contributed by atoms with Gasteiger partial charge in [0.15, 0.2) is 0 Å². The van der Waals surface area contributed by atoms with Gasteiger partial charge in [-0.3, -0.25) is 4.79 Å². The van der Waals surface area contributed by atoms with Gasteiger partial charge in [0.2, 0.25) is 5.91 Å². The van der Waals surface area contributed by atoms with Crippen LogP contribution in [0, 0.1) is 11.2 Å². The zero-order chi connectivity index (χ0) is 17.9. The quantitative estimate of drug-likeness (QED) is 0.843. The SMILES string of the molecule is O=C(O)/C(=C/c1ccccc1F)CC(=O)N1CCC2(CCCC2)CC1.